The van der Waals surface area contributed by atoms with Gasteiger partial charge in [-0.05, 0) is 12.1 Å². The number of esters is 1. The molecule has 0 aliphatic rings. The number of methoxy groups -OCH3 is 1. The molecule has 72 valence electrons. The molecule has 0 radical (unpaired) electrons. The van der Waals surface area contributed by atoms with Gasteiger partial charge in [-0.3, -0.25) is 9.78 Å². The Labute approximate surface area is 80.9 Å². The second kappa shape index (κ2) is 3.49. The molecule has 2 rings (SSSR count). The third-order valence-electron chi connectivity index (χ3n) is 2.10. The van der Waals surface area contributed by atoms with E-state index in [0.29, 0.717) is 0 Å². The molecule has 2 heterocycles. The number of aromatic amines is 1. The lowest BCUT2D eigenvalue weighted by Gasteiger charge is -2.00. The van der Waals surface area contributed by atoms with Crippen LogP contribution < -0.4 is 0 Å². The molecule has 0 bridgehead atoms. The number of H-pyrrole nitrogens is 1. The van der Waals surface area contributed by atoms with E-state index in [0.717, 1.165) is 16.6 Å². The van der Waals surface area contributed by atoms with Crippen molar-refractivity contribution in [2.75, 3.05) is 7.11 Å². The summed E-state index contributed by atoms with van der Waals surface area (Å²) in [6.07, 6.45) is 3.72. The van der Waals surface area contributed by atoms with E-state index in [-0.39, 0.29) is 12.4 Å². The van der Waals surface area contributed by atoms with Crippen LogP contribution in [0.1, 0.15) is 5.69 Å². The second-order valence-electron chi connectivity index (χ2n) is 2.95. The Balaban J connectivity index is 2.41. The molecule has 0 spiro atoms. The Morgan fingerprint density at radius 2 is 2.43 bits per heavy atom. The van der Waals surface area contributed by atoms with E-state index >= 15 is 0 Å². The van der Waals surface area contributed by atoms with Crippen LogP contribution in [0.4, 0.5) is 0 Å². The van der Waals surface area contributed by atoms with E-state index in [2.05, 4.69) is 14.7 Å². The number of fused-ring (bicyclic) bond motifs is 1. The van der Waals surface area contributed by atoms with Gasteiger partial charge in [0, 0.05) is 23.3 Å². The number of hydrogen-bond acceptors (Lipinski definition) is 3. The zero-order valence-electron chi connectivity index (χ0n) is 7.78. The molecule has 0 unspecified atom stereocenters. The fourth-order valence-electron chi connectivity index (χ4n) is 1.39. The molecule has 0 aliphatic carbocycles. The fraction of sp³-hybridized carbons (Fsp3) is 0.200. The maximum Gasteiger partial charge on any atom is 0.311 e. The molecule has 2 aromatic rings. The van der Waals surface area contributed by atoms with Crippen molar-refractivity contribution in [1.29, 1.82) is 0 Å². The molecule has 2 aromatic heterocycles. The first kappa shape index (κ1) is 8.74. The number of ether oxygens (including phenoxy) is 1. The summed E-state index contributed by atoms with van der Waals surface area (Å²) in [6, 6.07) is 3.77. The highest BCUT2D eigenvalue weighted by Gasteiger charge is 2.08. The topological polar surface area (TPSA) is 55.0 Å². The average molecular weight is 190 g/mol. The maximum absolute atomic E-state index is 11.1. The van der Waals surface area contributed by atoms with Crippen molar-refractivity contribution in [2.24, 2.45) is 0 Å². The van der Waals surface area contributed by atoms with Gasteiger partial charge in [0.25, 0.3) is 0 Å². The molecule has 0 aromatic carbocycles. The molecule has 4 heteroatoms. The predicted molar refractivity (Wildman–Crippen MR) is 51.8 cm³/mol. The van der Waals surface area contributed by atoms with Crippen molar-refractivity contribution in [1.82, 2.24) is 9.97 Å². The van der Waals surface area contributed by atoms with Gasteiger partial charge in [-0.25, -0.2) is 0 Å². The van der Waals surface area contributed by atoms with E-state index in [1.54, 1.807) is 6.20 Å². The van der Waals surface area contributed by atoms with Gasteiger partial charge in [0.1, 0.15) is 0 Å². The van der Waals surface area contributed by atoms with Crippen LogP contribution in [0.3, 0.4) is 0 Å². The summed E-state index contributed by atoms with van der Waals surface area (Å²) >= 11 is 0. The second-order valence-corrected chi connectivity index (χ2v) is 2.95. The van der Waals surface area contributed by atoms with Crippen LogP contribution in [0.15, 0.2) is 24.5 Å². The van der Waals surface area contributed by atoms with Crippen molar-refractivity contribution in [3.63, 3.8) is 0 Å². The van der Waals surface area contributed by atoms with Gasteiger partial charge in [-0.15, -0.1) is 0 Å². The molecule has 0 atom stereocenters. The highest BCUT2D eigenvalue weighted by Crippen LogP contribution is 2.15. The number of nitrogens with zero attached hydrogens (tertiary/aromatic N) is 1. The van der Waals surface area contributed by atoms with Gasteiger partial charge in [0.2, 0.25) is 0 Å². The number of carbonyl (C=O) groups is 1. The van der Waals surface area contributed by atoms with Crippen molar-refractivity contribution in [2.45, 2.75) is 6.42 Å². The Hall–Kier alpha value is -1.84. The normalized spacial score (nSPS) is 10.4. The third-order valence-corrected chi connectivity index (χ3v) is 2.10. The number of nitrogens with one attached hydrogen (secondary N) is 1. The minimum atomic E-state index is -0.272. The lowest BCUT2D eigenvalue weighted by Crippen LogP contribution is -2.06. The fourth-order valence-corrected chi connectivity index (χ4v) is 1.39. The zero-order chi connectivity index (χ0) is 9.97. The molecule has 0 fully saturated rings. The van der Waals surface area contributed by atoms with Gasteiger partial charge in [0.05, 0.1) is 19.2 Å². The maximum atomic E-state index is 11.1. The summed E-state index contributed by atoms with van der Waals surface area (Å²) in [5.41, 5.74) is 1.73. The smallest absolute Gasteiger partial charge is 0.311 e. The summed E-state index contributed by atoms with van der Waals surface area (Å²) in [5.74, 6) is -0.272. The first-order valence-electron chi connectivity index (χ1n) is 4.29. The van der Waals surface area contributed by atoms with Crippen molar-refractivity contribution in [3.8, 4) is 0 Å². The van der Waals surface area contributed by atoms with E-state index in [4.69, 9.17) is 0 Å². The first-order chi connectivity index (χ1) is 6.81. The number of rotatable bonds is 2. The lowest BCUT2D eigenvalue weighted by atomic mass is 10.2. The van der Waals surface area contributed by atoms with Gasteiger partial charge in [-0.2, -0.15) is 0 Å². The van der Waals surface area contributed by atoms with E-state index in [1.807, 2.05) is 18.3 Å². The number of hydrogen-bond donors (Lipinski definition) is 1. The molecule has 14 heavy (non-hydrogen) atoms. The highest BCUT2D eigenvalue weighted by molar-refractivity contribution is 5.85. The van der Waals surface area contributed by atoms with E-state index < -0.39 is 0 Å². The molecule has 0 saturated carbocycles. The van der Waals surface area contributed by atoms with Crippen LogP contribution in [-0.2, 0) is 16.0 Å². The minimum absolute atomic E-state index is 0.214. The van der Waals surface area contributed by atoms with Gasteiger partial charge in [-0.1, -0.05) is 0 Å². The average Bonchev–Trinajstić information content (AvgIpc) is 2.66. The molecule has 1 N–H and O–H groups in total. The van der Waals surface area contributed by atoms with Crippen LogP contribution in [0.25, 0.3) is 10.9 Å². The van der Waals surface area contributed by atoms with Crippen LogP contribution in [0.5, 0.6) is 0 Å². The summed E-state index contributed by atoms with van der Waals surface area (Å²) in [7, 11) is 1.37. The largest absolute Gasteiger partial charge is 0.469 e. The number of aromatic nitrogens is 2. The zero-order valence-corrected chi connectivity index (χ0v) is 7.78. The standard InChI is InChI=1S/C10H10N2O2/c1-14-10(13)6-9-7-2-4-11-8(7)3-5-12-9/h2-5,11H,6H2,1H3. The van der Waals surface area contributed by atoms with Gasteiger partial charge in [0.15, 0.2) is 0 Å². The van der Waals surface area contributed by atoms with Crippen LogP contribution >= 0.6 is 0 Å². The number of pyridine rings is 1. The van der Waals surface area contributed by atoms with E-state index in [1.165, 1.54) is 7.11 Å². The number of carbonyl (C=O) groups excluding carboxylic acids is 1. The van der Waals surface area contributed by atoms with Gasteiger partial charge < -0.3 is 9.72 Å². The molecular formula is C10H10N2O2. The van der Waals surface area contributed by atoms with Crippen LogP contribution in [-0.4, -0.2) is 23.0 Å². The Morgan fingerprint density at radius 3 is 3.21 bits per heavy atom. The Bertz CT molecular complexity index is 462. The predicted octanol–water partition coefficient (Wildman–Crippen LogP) is 1.28. The quantitative estimate of drug-likeness (QED) is 0.726. The monoisotopic (exact) mass is 190 g/mol. The van der Waals surface area contributed by atoms with E-state index in [9.17, 15) is 4.79 Å². The highest BCUT2D eigenvalue weighted by atomic mass is 16.5. The Morgan fingerprint density at radius 1 is 1.57 bits per heavy atom. The molecular weight excluding hydrogens is 180 g/mol. The van der Waals surface area contributed by atoms with Crippen LogP contribution in [0, 0.1) is 0 Å². The van der Waals surface area contributed by atoms with Crippen molar-refractivity contribution < 1.29 is 9.53 Å². The van der Waals surface area contributed by atoms with Crippen molar-refractivity contribution in [3.05, 3.63) is 30.2 Å². The summed E-state index contributed by atoms with van der Waals surface area (Å²) < 4.78 is 4.59. The minimum Gasteiger partial charge on any atom is -0.469 e. The summed E-state index contributed by atoms with van der Waals surface area (Å²) in [6.45, 7) is 0. The van der Waals surface area contributed by atoms with Gasteiger partial charge >= 0.3 is 5.97 Å². The van der Waals surface area contributed by atoms with Crippen LogP contribution in [0.2, 0.25) is 0 Å². The molecule has 0 saturated heterocycles. The van der Waals surface area contributed by atoms with Crippen molar-refractivity contribution >= 4 is 16.9 Å². The third kappa shape index (κ3) is 1.46. The molecule has 0 aliphatic heterocycles. The molecule has 4 nitrogen and oxygen atoms in total. The summed E-state index contributed by atoms with van der Waals surface area (Å²) in [5, 5.41) is 0.970. The SMILES string of the molecule is COC(=O)Cc1nccc2[nH]ccc12. The first-order valence-corrected chi connectivity index (χ1v) is 4.29. The Kier molecular flexibility index (Phi) is 2.18. The summed E-state index contributed by atoms with van der Waals surface area (Å²) in [4.78, 5) is 18.3. The lowest BCUT2D eigenvalue weighted by molar-refractivity contribution is -0.139. The molecule has 0 amide bonds.